The Hall–Kier alpha value is -2.34. The third kappa shape index (κ3) is 3.83. The molecule has 20 heavy (non-hydrogen) atoms. The Kier molecular flexibility index (Phi) is 4.37. The van der Waals surface area contributed by atoms with E-state index in [4.69, 9.17) is 9.84 Å². The number of ether oxygens (including phenoxy) is 1. The van der Waals surface area contributed by atoms with Gasteiger partial charge in [-0.25, -0.2) is 0 Å². The van der Waals surface area contributed by atoms with Gasteiger partial charge < -0.3 is 14.8 Å². The zero-order chi connectivity index (χ0) is 14.5. The Morgan fingerprint density at radius 1 is 1.50 bits per heavy atom. The van der Waals surface area contributed by atoms with Gasteiger partial charge in [0.05, 0.1) is 22.2 Å². The summed E-state index contributed by atoms with van der Waals surface area (Å²) in [6.07, 6.45) is 1.69. The molecule has 104 valence electrons. The van der Waals surface area contributed by atoms with Crippen molar-refractivity contribution in [1.29, 1.82) is 0 Å². The second-order valence-electron chi connectivity index (χ2n) is 4.05. The standard InChI is InChI=1S/C14H13NO4S/c1-9-15-14(18)12(20-9)8-10-3-2-4-11(7-10)19-6-5-13(16)17/h2-4,7-8H,1,5-6H2,(H,15,18)(H,16,17)/b12-8-. The van der Waals surface area contributed by atoms with Crippen molar-refractivity contribution in [2.45, 2.75) is 6.42 Å². The molecule has 0 bridgehead atoms. The number of aromatic nitrogens is 1. The molecule has 2 aromatic rings. The lowest BCUT2D eigenvalue weighted by Gasteiger charge is -2.04. The minimum atomic E-state index is -0.902. The van der Waals surface area contributed by atoms with E-state index < -0.39 is 5.97 Å². The van der Waals surface area contributed by atoms with Crippen molar-refractivity contribution in [1.82, 2.24) is 4.98 Å². The summed E-state index contributed by atoms with van der Waals surface area (Å²) in [4.78, 5) is 24.6. The Bertz CT molecular complexity index is 775. The maximum Gasteiger partial charge on any atom is 0.306 e. The highest BCUT2D eigenvalue weighted by atomic mass is 32.1. The molecule has 2 N–H and O–H groups in total. The molecule has 5 nitrogen and oxygen atoms in total. The van der Waals surface area contributed by atoms with E-state index in [1.807, 2.05) is 6.07 Å². The van der Waals surface area contributed by atoms with Gasteiger partial charge in [-0.2, -0.15) is 0 Å². The molecule has 6 heteroatoms. The van der Waals surface area contributed by atoms with Crippen molar-refractivity contribution in [3.8, 4) is 5.75 Å². The van der Waals surface area contributed by atoms with E-state index in [-0.39, 0.29) is 18.6 Å². The molecule has 0 radical (unpaired) electrons. The first-order chi connectivity index (χ1) is 9.54. The number of benzene rings is 1. The number of aromatic amines is 1. The van der Waals surface area contributed by atoms with Crippen LogP contribution in [0.25, 0.3) is 12.7 Å². The minimum absolute atomic E-state index is 0.0522. The van der Waals surface area contributed by atoms with Crippen molar-refractivity contribution in [3.63, 3.8) is 0 Å². The van der Waals surface area contributed by atoms with E-state index in [1.165, 1.54) is 11.3 Å². The van der Waals surface area contributed by atoms with Gasteiger partial charge in [-0.1, -0.05) is 18.7 Å². The molecule has 1 aromatic heterocycles. The molecular formula is C14H13NO4S. The van der Waals surface area contributed by atoms with Crippen molar-refractivity contribution >= 4 is 30.0 Å². The third-order valence-electron chi connectivity index (χ3n) is 2.45. The van der Waals surface area contributed by atoms with Gasteiger partial charge in [-0.15, -0.1) is 11.3 Å². The van der Waals surface area contributed by atoms with Gasteiger partial charge in [0, 0.05) is 0 Å². The van der Waals surface area contributed by atoms with Gasteiger partial charge in [-0.05, 0) is 23.8 Å². The van der Waals surface area contributed by atoms with Crippen molar-refractivity contribution in [3.05, 3.63) is 49.4 Å². The molecule has 0 unspecified atom stereocenters. The number of hydrogen-bond donors (Lipinski definition) is 2. The van der Waals surface area contributed by atoms with Crippen LogP contribution in [0.2, 0.25) is 0 Å². The van der Waals surface area contributed by atoms with Crippen LogP contribution in [0.4, 0.5) is 0 Å². The molecule has 0 atom stereocenters. The largest absolute Gasteiger partial charge is 0.493 e. The van der Waals surface area contributed by atoms with Crippen LogP contribution in [0.3, 0.4) is 0 Å². The minimum Gasteiger partial charge on any atom is -0.493 e. The maximum atomic E-state index is 11.6. The number of aliphatic carboxylic acids is 1. The number of rotatable bonds is 5. The lowest BCUT2D eigenvalue weighted by atomic mass is 10.2. The summed E-state index contributed by atoms with van der Waals surface area (Å²) in [5.41, 5.74) is 0.641. The quantitative estimate of drug-likeness (QED) is 0.842. The first kappa shape index (κ1) is 14.1. The highest BCUT2D eigenvalue weighted by Gasteiger charge is 2.00. The van der Waals surface area contributed by atoms with E-state index in [0.717, 1.165) is 5.56 Å². The molecule has 0 saturated heterocycles. The van der Waals surface area contributed by atoms with Crippen molar-refractivity contribution in [2.24, 2.45) is 0 Å². The van der Waals surface area contributed by atoms with Crippen LogP contribution in [-0.4, -0.2) is 22.7 Å². The summed E-state index contributed by atoms with van der Waals surface area (Å²) in [5, 5.41) is 8.54. The van der Waals surface area contributed by atoms with E-state index in [2.05, 4.69) is 11.6 Å². The molecule has 2 rings (SSSR count). The number of carboxylic acid groups (broad SMARTS) is 1. The van der Waals surface area contributed by atoms with Gasteiger partial charge in [0.1, 0.15) is 5.75 Å². The van der Waals surface area contributed by atoms with Crippen LogP contribution in [0.5, 0.6) is 5.75 Å². The van der Waals surface area contributed by atoms with E-state index in [9.17, 15) is 9.59 Å². The van der Waals surface area contributed by atoms with Crippen molar-refractivity contribution < 1.29 is 14.6 Å². The summed E-state index contributed by atoms with van der Waals surface area (Å²) >= 11 is 1.28. The molecule has 0 aliphatic heterocycles. The summed E-state index contributed by atoms with van der Waals surface area (Å²) in [5.74, 6) is -0.330. The first-order valence-corrected chi connectivity index (χ1v) is 6.71. The van der Waals surface area contributed by atoms with Gasteiger partial charge in [-0.3, -0.25) is 9.59 Å². The second kappa shape index (κ2) is 6.21. The number of hydrogen-bond acceptors (Lipinski definition) is 4. The van der Waals surface area contributed by atoms with Gasteiger partial charge >= 0.3 is 5.97 Å². The van der Waals surface area contributed by atoms with Gasteiger partial charge in [0.2, 0.25) is 0 Å². The van der Waals surface area contributed by atoms with Crippen molar-refractivity contribution in [2.75, 3.05) is 6.61 Å². The fourth-order valence-corrected chi connectivity index (χ4v) is 2.34. The highest BCUT2D eigenvalue weighted by molar-refractivity contribution is 7.07. The number of carboxylic acids is 1. The maximum absolute atomic E-state index is 11.6. The van der Waals surface area contributed by atoms with Crippen LogP contribution in [0.15, 0.2) is 29.1 Å². The molecule has 0 saturated carbocycles. The molecule has 1 heterocycles. The van der Waals surface area contributed by atoms with E-state index in [0.29, 0.717) is 14.9 Å². The molecule has 0 aliphatic carbocycles. The van der Waals surface area contributed by atoms with Crippen LogP contribution < -0.4 is 19.5 Å². The fraction of sp³-hybridized carbons (Fsp3) is 0.143. The van der Waals surface area contributed by atoms with E-state index in [1.54, 1.807) is 24.3 Å². The summed E-state index contributed by atoms with van der Waals surface area (Å²) < 4.78 is 6.51. The third-order valence-corrected chi connectivity index (χ3v) is 3.32. The number of thiazole rings is 1. The Morgan fingerprint density at radius 2 is 2.30 bits per heavy atom. The van der Waals surface area contributed by atoms with E-state index >= 15 is 0 Å². The average molecular weight is 291 g/mol. The average Bonchev–Trinajstić information content (AvgIpc) is 2.68. The van der Waals surface area contributed by atoms with Crippen LogP contribution in [0, 0.1) is 0 Å². The van der Waals surface area contributed by atoms with Gasteiger partial charge in [0.25, 0.3) is 5.56 Å². The molecular weight excluding hydrogens is 278 g/mol. The number of nitrogens with one attached hydrogen (secondary N) is 1. The van der Waals surface area contributed by atoms with Crippen LogP contribution in [-0.2, 0) is 4.79 Å². The SMILES string of the molecule is C=c1[nH]c(=O)/c(=C/c2cccc(OCCC(=O)O)c2)s1. The zero-order valence-electron chi connectivity index (χ0n) is 10.6. The Morgan fingerprint density at radius 3 is 2.95 bits per heavy atom. The number of carbonyl (C=O) groups is 1. The zero-order valence-corrected chi connectivity index (χ0v) is 11.4. The predicted molar refractivity (Wildman–Crippen MR) is 77.5 cm³/mol. The first-order valence-electron chi connectivity index (χ1n) is 5.89. The second-order valence-corrected chi connectivity index (χ2v) is 5.19. The molecule has 0 fully saturated rings. The monoisotopic (exact) mass is 291 g/mol. The fourth-order valence-electron chi connectivity index (χ4n) is 1.59. The number of H-pyrrole nitrogens is 1. The highest BCUT2D eigenvalue weighted by Crippen LogP contribution is 2.13. The smallest absolute Gasteiger partial charge is 0.306 e. The predicted octanol–water partition coefficient (Wildman–Crippen LogP) is 0.529. The molecule has 1 aromatic carbocycles. The summed E-state index contributed by atoms with van der Waals surface area (Å²) in [6, 6.07) is 7.12. The van der Waals surface area contributed by atoms with Crippen LogP contribution >= 0.6 is 11.3 Å². The topological polar surface area (TPSA) is 79.4 Å². The summed E-state index contributed by atoms with van der Waals surface area (Å²) in [6.45, 7) is 3.79. The molecule has 0 amide bonds. The van der Waals surface area contributed by atoms with Gasteiger partial charge in [0.15, 0.2) is 0 Å². The normalized spacial score (nSPS) is 11.5. The summed E-state index contributed by atoms with van der Waals surface area (Å²) in [7, 11) is 0. The Balaban J connectivity index is 2.20. The molecule has 0 aliphatic rings. The lowest BCUT2D eigenvalue weighted by molar-refractivity contribution is -0.137. The Labute approximate surface area is 118 Å². The lowest BCUT2D eigenvalue weighted by Crippen LogP contribution is -2.19. The van der Waals surface area contributed by atoms with Crippen LogP contribution in [0.1, 0.15) is 12.0 Å². The molecule has 0 spiro atoms.